The highest BCUT2D eigenvalue weighted by atomic mass is 35.5. The first-order valence-electron chi connectivity index (χ1n) is 12.8. The highest BCUT2D eigenvalue weighted by Gasteiger charge is 2.71. The number of carbonyl (C=O) groups excluding carboxylic acids is 4. The quantitative estimate of drug-likeness (QED) is 0.445. The molecule has 0 saturated heterocycles. The predicted molar refractivity (Wildman–Crippen MR) is 128 cm³/mol. The van der Waals surface area contributed by atoms with Gasteiger partial charge in [0.1, 0.15) is 6.61 Å². The van der Waals surface area contributed by atoms with E-state index in [2.05, 4.69) is 13.8 Å². The summed E-state index contributed by atoms with van der Waals surface area (Å²) in [5.74, 6) is -1.48. The van der Waals surface area contributed by atoms with E-state index in [1.165, 1.54) is 6.92 Å². The Morgan fingerprint density at radius 1 is 1.17 bits per heavy atom. The maximum atomic E-state index is 13.0. The number of ketones is 2. The summed E-state index contributed by atoms with van der Waals surface area (Å²) in [6, 6.07) is 0. The summed E-state index contributed by atoms with van der Waals surface area (Å²) in [6.45, 7) is 8.87. The van der Waals surface area contributed by atoms with Crippen LogP contribution in [0.15, 0.2) is 11.6 Å². The van der Waals surface area contributed by atoms with E-state index >= 15 is 0 Å². The molecule has 0 aromatic rings. The third-order valence-electron chi connectivity index (χ3n) is 9.75. The van der Waals surface area contributed by atoms with Gasteiger partial charge in [0.15, 0.2) is 17.7 Å². The van der Waals surface area contributed by atoms with Gasteiger partial charge in [0, 0.05) is 31.1 Å². The summed E-state index contributed by atoms with van der Waals surface area (Å²) in [5.41, 5.74) is -0.291. The summed E-state index contributed by atoms with van der Waals surface area (Å²) < 4.78 is 10.5. The zero-order chi connectivity index (χ0) is 25.9. The summed E-state index contributed by atoms with van der Waals surface area (Å²) in [4.78, 5) is 48.1. The second kappa shape index (κ2) is 8.98. The van der Waals surface area contributed by atoms with Crippen LogP contribution in [0.3, 0.4) is 0 Å². The molecule has 0 aromatic carbocycles. The van der Waals surface area contributed by atoms with E-state index in [1.807, 2.05) is 6.92 Å². The first kappa shape index (κ1) is 26.3. The molecule has 194 valence electrons. The Kier molecular flexibility index (Phi) is 6.76. The Morgan fingerprint density at radius 2 is 1.86 bits per heavy atom. The van der Waals surface area contributed by atoms with E-state index < -0.39 is 39.9 Å². The monoisotopic (exact) mass is 508 g/mol. The summed E-state index contributed by atoms with van der Waals surface area (Å²) in [7, 11) is 0. The van der Waals surface area contributed by atoms with Crippen LogP contribution >= 0.6 is 11.6 Å². The molecule has 35 heavy (non-hydrogen) atoms. The van der Waals surface area contributed by atoms with Crippen molar-refractivity contribution >= 4 is 35.1 Å². The van der Waals surface area contributed by atoms with E-state index in [0.717, 1.165) is 12.0 Å². The third-order valence-corrected chi connectivity index (χ3v) is 10.7. The number of aliphatic hydroxyl groups excluding tert-OH is 1. The largest absolute Gasteiger partial charge is 0.458 e. The molecule has 8 heteroatoms. The SMILES string of the molecule is CCC(=O)OC1C[C@@]2(C)C(=CC1=O)[C@@H](C)C[C@H]1[C@@H]3CC[C@H](C(=O)COC(C)=O)[C@@]3(C)C[C@H](O)[C@@]12Cl. The molecule has 0 spiro atoms. The van der Waals surface area contributed by atoms with Crippen LogP contribution in [0.25, 0.3) is 0 Å². The van der Waals surface area contributed by atoms with Gasteiger partial charge in [0.05, 0.1) is 11.0 Å². The lowest BCUT2D eigenvalue weighted by Gasteiger charge is -2.65. The Hall–Kier alpha value is -1.73. The maximum absolute atomic E-state index is 13.0. The third kappa shape index (κ3) is 3.88. The zero-order valence-electron chi connectivity index (χ0n) is 21.3. The number of aliphatic hydroxyl groups is 1. The molecule has 0 amide bonds. The summed E-state index contributed by atoms with van der Waals surface area (Å²) >= 11 is 7.55. The van der Waals surface area contributed by atoms with Crippen LogP contribution in [0.1, 0.15) is 73.1 Å². The maximum Gasteiger partial charge on any atom is 0.306 e. The molecule has 4 rings (SSSR count). The van der Waals surface area contributed by atoms with E-state index in [9.17, 15) is 24.3 Å². The molecule has 4 aliphatic carbocycles. The van der Waals surface area contributed by atoms with Crippen molar-refractivity contribution in [3.05, 3.63) is 11.6 Å². The average molecular weight is 509 g/mol. The molecule has 0 aromatic heterocycles. The molecular formula is C27H37ClO7. The van der Waals surface area contributed by atoms with E-state index in [0.29, 0.717) is 19.3 Å². The van der Waals surface area contributed by atoms with Gasteiger partial charge in [-0.2, -0.15) is 0 Å². The van der Waals surface area contributed by atoms with Crippen LogP contribution in [0.2, 0.25) is 0 Å². The molecule has 4 aliphatic rings. The number of hydrogen-bond acceptors (Lipinski definition) is 7. The minimum Gasteiger partial charge on any atom is -0.458 e. The lowest BCUT2D eigenvalue weighted by molar-refractivity contribution is -0.162. The fourth-order valence-electron chi connectivity index (χ4n) is 8.15. The fourth-order valence-corrected chi connectivity index (χ4v) is 8.65. The van der Waals surface area contributed by atoms with Gasteiger partial charge in [-0.1, -0.05) is 33.3 Å². The Morgan fingerprint density at radius 3 is 2.49 bits per heavy atom. The molecule has 0 radical (unpaired) electrons. The lowest BCUT2D eigenvalue weighted by atomic mass is 9.43. The van der Waals surface area contributed by atoms with Crippen molar-refractivity contribution < 1.29 is 33.8 Å². The molecule has 3 fully saturated rings. The second-order valence-electron chi connectivity index (χ2n) is 11.6. The number of rotatable bonds is 5. The molecule has 3 saturated carbocycles. The first-order valence-corrected chi connectivity index (χ1v) is 13.2. The summed E-state index contributed by atoms with van der Waals surface area (Å²) in [5, 5.41) is 11.7. The van der Waals surface area contributed by atoms with Gasteiger partial charge < -0.3 is 14.6 Å². The van der Waals surface area contributed by atoms with Gasteiger partial charge in [-0.05, 0) is 54.9 Å². The van der Waals surface area contributed by atoms with Crippen molar-refractivity contribution in [1.82, 2.24) is 0 Å². The minimum atomic E-state index is -1.05. The topological polar surface area (TPSA) is 107 Å². The number of halogens is 1. The number of fused-ring (bicyclic) bond motifs is 5. The van der Waals surface area contributed by atoms with Gasteiger partial charge in [0.25, 0.3) is 0 Å². The van der Waals surface area contributed by atoms with Crippen LogP contribution in [0, 0.1) is 34.5 Å². The minimum absolute atomic E-state index is 0.0639. The van der Waals surface area contributed by atoms with Gasteiger partial charge >= 0.3 is 11.9 Å². The van der Waals surface area contributed by atoms with Gasteiger partial charge in [-0.25, -0.2) is 0 Å². The van der Waals surface area contributed by atoms with E-state index in [1.54, 1.807) is 13.0 Å². The first-order chi connectivity index (χ1) is 16.3. The van der Waals surface area contributed by atoms with E-state index in [4.69, 9.17) is 21.1 Å². The van der Waals surface area contributed by atoms with Crippen molar-refractivity contribution in [1.29, 1.82) is 0 Å². The number of ether oxygens (including phenoxy) is 2. The van der Waals surface area contributed by atoms with Crippen LogP contribution in [0.5, 0.6) is 0 Å². The number of allylic oxidation sites excluding steroid dienone is 1. The normalized spacial score (nSPS) is 44.4. The van der Waals surface area contributed by atoms with Crippen molar-refractivity contribution in [3.63, 3.8) is 0 Å². The van der Waals surface area contributed by atoms with Crippen LogP contribution in [0.4, 0.5) is 0 Å². The Bertz CT molecular complexity index is 975. The molecule has 1 N–H and O–H groups in total. The van der Waals surface area contributed by atoms with Crippen molar-refractivity contribution in [2.75, 3.05) is 6.61 Å². The van der Waals surface area contributed by atoms with Gasteiger partial charge in [-0.3, -0.25) is 19.2 Å². The smallest absolute Gasteiger partial charge is 0.306 e. The van der Waals surface area contributed by atoms with Gasteiger partial charge in [0.2, 0.25) is 0 Å². The Balaban J connectivity index is 1.70. The number of esters is 2. The zero-order valence-corrected chi connectivity index (χ0v) is 22.0. The molecule has 9 atom stereocenters. The fraction of sp³-hybridized carbons (Fsp3) is 0.778. The molecular weight excluding hydrogens is 472 g/mol. The highest BCUT2D eigenvalue weighted by molar-refractivity contribution is 6.26. The molecule has 0 bridgehead atoms. The van der Waals surface area contributed by atoms with Crippen molar-refractivity contribution in [2.24, 2.45) is 34.5 Å². The number of hydrogen-bond donors (Lipinski definition) is 1. The van der Waals surface area contributed by atoms with Crippen LogP contribution in [-0.4, -0.2) is 52.3 Å². The number of Topliss-reactive ketones (excluding diaryl/α,β-unsaturated/α-hetero) is 1. The number of carbonyl (C=O) groups is 4. The highest BCUT2D eigenvalue weighted by Crippen LogP contribution is 2.71. The average Bonchev–Trinajstić information content (AvgIpc) is 3.12. The molecule has 0 heterocycles. The lowest BCUT2D eigenvalue weighted by Crippen LogP contribution is -2.68. The predicted octanol–water partition coefficient (Wildman–Crippen LogP) is 3.78. The summed E-state index contributed by atoms with van der Waals surface area (Å²) in [6.07, 6.45) is 2.70. The van der Waals surface area contributed by atoms with Crippen LogP contribution in [-0.2, 0) is 28.7 Å². The van der Waals surface area contributed by atoms with Crippen molar-refractivity contribution in [2.45, 2.75) is 90.2 Å². The second-order valence-corrected chi connectivity index (χ2v) is 12.2. The van der Waals surface area contributed by atoms with Crippen molar-refractivity contribution in [3.8, 4) is 0 Å². The standard InChI is InChI=1S/C27H37ClO7/c1-6-24(33)35-22-11-26(5)18(10-20(22)30)14(2)9-19-16-7-8-17(21(31)13-34-15(3)29)25(16,4)12-23(32)27(19,26)28/h10,14,16-17,19,22-23,32H,6-9,11-13H2,1-5H3/t14-,16-,17+,19-,22?,23-,25-,26-,27-/m0/s1. The van der Waals surface area contributed by atoms with Crippen LogP contribution < -0.4 is 0 Å². The molecule has 1 unspecified atom stereocenters. The molecule has 7 nitrogen and oxygen atoms in total. The molecule has 0 aliphatic heterocycles. The van der Waals surface area contributed by atoms with Gasteiger partial charge in [-0.15, -0.1) is 11.6 Å². The Labute approximate surface area is 211 Å². The van der Waals surface area contributed by atoms with E-state index in [-0.39, 0.29) is 54.7 Å². The number of alkyl halides is 1.